The third-order valence-corrected chi connectivity index (χ3v) is 4.24. The number of benzene rings is 2. The number of esters is 1. The van der Waals surface area contributed by atoms with Crippen molar-refractivity contribution in [1.29, 1.82) is 0 Å². The second kappa shape index (κ2) is 8.60. The predicted molar refractivity (Wildman–Crippen MR) is 94.0 cm³/mol. The molecule has 0 aliphatic rings. The Morgan fingerprint density at radius 2 is 1.91 bits per heavy atom. The minimum atomic E-state index is -0.432. The fourth-order valence-electron chi connectivity index (χ4n) is 1.88. The molecular weight excluding hydrogens is 334 g/mol. The van der Waals surface area contributed by atoms with E-state index < -0.39 is 5.97 Å². The van der Waals surface area contributed by atoms with E-state index in [2.05, 4.69) is 10.1 Å². The summed E-state index contributed by atoms with van der Waals surface area (Å²) >= 11 is 7.34. The largest absolute Gasteiger partial charge is 0.465 e. The quantitative estimate of drug-likeness (QED) is 0.801. The van der Waals surface area contributed by atoms with Crippen LogP contribution < -0.4 is 5.32 Å². The number of rotatable bonds is 6. The molecule has 0 spiro atoms. The van der Waals surface area contributed by atoms with Crippen LogP contribution in [0.15, 0.2) is 48.5 Å². The first kappa shape index (κ1) is 17.4. The fraction of sp³-hybridized carbons (Fsp3) is 0.176. The molecule has 0 radical (unpaired) electrons. The molecule has 2 aromatic carbocycles. The summed E-state index contributed by atoms with van der Waals surface area (Å²) in [6, 6.07) is 14.2. The zero-order valence-corrected chi connectivity index (χ0v) is 14.1. The molecule has 0 fully saturated rings. The second-order valence-electron chi connectivity index (χ2n) is 4.74. The number of hydrogen-bond donors (Lipinski definition) is 1. The van der Waals surface area contributed by atoms with Gasteiger partial charge in [0.1, 0.15) is 0 Å². The zero-order valence-electron chi connectivity index (χ0n) is 12.5. The maximum absolute atomic E-state index is 11.9. The van der Waals surface area contributed by atoms with Gasteiger partial charge >= 0.3 is 5.97 Å². The van der Waals surface area contributed by atoms with E-state index in [1.54, 1.807) is 24.3 Å². The van der Waals surface area contributed by atoms with Crippen molar-refractivity contribution in [1.82, 2.24) is 0 Å². The van der Waals surface area contributed by atoms with Gasteiger partial charge in [-0.15, -0.1) is 11.8 Å². The van der Waals surface area contributed by atoms with E-state index in [0.29, 0.717) is 22.0 Å². The molecule has 23 heavy (non-hydrogen) atoms. The summed E-state index contributed by atoms with van der Waals surface area (Å²) in [5, 5.41) is 3.46. The van der Waals surface area contributed by atoms with Gasteiger partial charge in [0.05, 0.1) is 18.4 Å². The average molecular weight is 350 g/mol. The Morgan fingerprint density at radius 3 is 2.61 bits per heavy atom. The monoisotopic (exact) mass is 349 g/mol. The van der Waals surface area contributed by atoms with Gasteiger partial charge < -0.3 is 10.1 Å². The first-order valence-electron chi connectivity index (χ1n) is 6.89. The van der Waals surface area contributed by atoms with Crippen LogP contribution in [0.2, 0.25) is 5.02 Å². The van der Waals surface area contributed by atoms with E-state index in [1.807, 2.05) is 24.3 Å². The van der Waals surface area contributed by atoms with Crippen LogP contribution >= 0.6 is 23.4 Å². The topological polar surface area (TPSA) is 55.4 Å². The molecule has 0 aliphatic carbocycles. The van der Waals surface area contributed by atoms with E-state index >= 15 is 0 Å². The number of hydrogen-bond acceptors (Lipinski definition) is 4. The summed E-state index contributed by atoms with van der Waals surface area (Å²) in [6.07, 6.45) is 0. The van der Waals surface area contributed by atoms with Gasteiger partial charge in [-0.05, 0) is 35.9 Å². The molecule has 0 aromatic heterocycles. The van der Waals surface area contributed by atoms with Crippen molar-refractivity contribution < 1.29 is 14.3 Å². The van der Waals surface area contributed by atoms with Crippen LogP contribution in [0.1, 0.15) is 15.9 Å². The summed E-state index contributed by atoms with van der Waals surface area (Å²) < 4.78 is 4.65. The number of halogens is 1. The van der Waals surface area contributed by atoms with Gasteiger partial charge in [-0.1, -0.05) is 29.8 Å². The van der Waals surface area contributed by atoms with E-state index in [0.717, 1.165) is 11.3 Å². The molecule has 0 heterocycles. The maximum Gasteiger partial charge on any atom is 0.337 e. The van der Waals surface area contributed by atoms with Crippen molar-refractivity contribution in [2.24, 2.45) is 0 Å². The van der Waals surface area contributed by atoms with Crippen LogP contribution in [0, 0.1) is 0 Å². The average Bonchev–Trinajstić information content (AvgIpc) is 2.56. The Hall–Kier alpha value is -1.98. The number of carbonyl (C=O) groups excluding carboxylic acids is 2. The summed E-state index contributed by atoms with van der Waals surface area (Å²) in [4.78, 5) is 23.4. The summed E-state index contributed by atoms with van der Waals surface area (Å²) in [5.74, 6) is 0.502. The van der Waals surface area contributed by atoms with Gasteiger partial charge in [-0.25, -0.2) is 4.79 Å². The van der Waals surface area contributed by atoms with Crippen LogP contribution in [-0.2, 0) is 15.3 Å². The molecule has 0 aliphatic heterocycles. The number of thioether (sulfide) groups is 1. The Bertz CT molecular complexity index is 688. The summed E-state index contributed by atoms with van der Waals surface area (Å²) in [6.45, 7) is 0. The van der Waals surface area contributed by atoms with Crippen LogP contribution in [0.3, 0.4) is 0 Å². The highest BCUT2D eigenvalue weighted by atomic mass is 35.5. The molecule has 4 nitrogen and oxygen atoms in total. The maximum atomic E-state index is 11.9. The van der Waals surface area contributed by atoms with Crippen LogP contribution in [0.5, 0.6) is 0 Å². The van der Waals surface area contributed by atoms with Gasteiger partial charge in [-0.2, -0.15) is 0 Å². The normalized spacial score (nSPS) is 10.2. The first-order valence-corrected chi connectivity index (χ1v) is 8.42. The van der Waals surface area contributed by atoms with E-state index in [4.69, 9.17) is 11.6 Å². The minimum absolute atomic E-state index is 0.119. The van der Waals surface area contributed by atoms with Crippen LogP contribution in [0.25, 0.3) is 0 Å². The third kappa shape index (κ3) is 5.62. The molecule has 0 bridgehead atoms. The Balaban J connectivity index is 1.82. The standard InChI is InChI=1S/C17H16ClNO3S/c1-22-17(21)13-3-2-4-15(9-13)19-16(20)11-23-10-12-5-7-14(18)8-6-12/h2-9H,10-11H2,1H3,(H,19,20). The third-order valence-electron chi connectivity index (χ3n) is 2.98. The lowest BCUT2D eigenvalue weighted by molar-refractivity contribution is -0.113. The van der Waals surface area contributed by atoms with Crippen molar-refractivity contribution >= 4 is 40.9 Å². The zero-order chi connectivity index (χ0) is 16.7. The molecule has 0 atom stereocenters. The Kier molecular flexibility index (Phi) is 6.50. The Labute approximate surface area is 144 Å². The van der Waals surface area contributed by atoms with Crippen LogP contribution in [0.4, 0.5) is 5.69 Å². The molecule has 6 heteroatoms. The highest BCUT2D eigenvalue weighted by Gasteiger charge is 2.08. The molecule has 2 aromatic rings. The second-order valence-corrected chi connectivity index (χ2v) is 6.16. The minimum Gasteiger partial charge on any atom is -0.465 e. The SMILES string of the molecule is COC(=O)c1cccc(NC(=O)CSCc2ccc(Cl)cc2)c1. The number of anilines is 1. The number of methoxy groups -OCH3 is 1. The van der Waals surface area contributed by atoms with E-state index in [-0.39, 0.29) is 5.91 Å². The lowest BCUT2D eigenvalue weighted by Gasteiger charge is -2.07. The van der Waals surface area contributed by atoms with Crippen molar-refractivity contribution in [3.05, 3.63) is 64.7 Å². The van der Waals surface area contributed by atoms with Gasteiger partial charge in [0.15, 0.2) is 0 Å². The first-order chi connectivity index (χ1) is 11.1. The Morgan fingerprint density at radius 1 is 1.17 bits per heavy atom. The predicted octanol–water partition coefficient (Wildman–Crippen LogP) is 4.00. The number of nitrogens with one attached hydrogen (secondary N) is 1. The van der Waals surface area contributed by atoms with Crippen molar-refractivity contribution in [2.75, 3.05) is 18.2 Å². The van der Waals surface area contributed by atoms with Gasteiger partial charge in [0.25, 0.3) is 0 Å². The molecule has 1 amide bonds. The number of ether oxygens (including phenoxy) is 1. The molecule has 0 saturated heterocycles. The fourth-order valence-corrected chi connectivity index (χ4v) is 2.79. The highest BCUT2D eigenvalue weighted by molar-refractivity contribution is 7.99. The van der Waals surface area contributed by atoms with Crippen molar-refractivity contribution in [2.45, 2.75) is 5.75 Å². The molecule has 2 rings (SSSR count). The summed E-state index contributed by atoms with van der Waals surface area (Å²) in [5.41, 5.74) is 2.09. The molecule has 1 N–H and O–H groups in total. The molecule has 120 valence electrons. The lowest BCUT2D eigenvalue weighted by Crippen LogP contribution is -2.14. The molecular formula is C17H16ClNO3S. The molecule has 0 unspecified atom stereocenters. The molecule has 0 saturated carbocycles. The van der Waals surface area contributed by atoms with Crippen molar-refractivity contribution in [3.8, 4) is 0 Å². The van der Waals surface area contributed by atoms with Gasteiger partial charge in [0, 0.05) is 16.5 Å². The van der Waals surface area contributed by atoms with Gasteiger partial charge in [-0.3, -0.25) is 4.79 Å². The smallest absolute Gasteiger partial charge is 0.337 e. The summed E-state index contributed by atoms with van der Waals surface area (Å²) in [7, 11) is 1.32. The van der Waals surface area contributed by atoms with Crippen molar-refractivity contribution in [3.63, 3.8) is 0 Å². The van der Waals surface area contributed by atoms with Crippen LogP contribution in [-0.4, -0.2) is 24.7 Å². The van der Waals surface area contributed by atoms with E-state index in [9.17, 15) is 9.59 Å². The highest BCUT2D eigenvalue weighted by Crippen LogP contribution is 2.16. The number of carbonyl (C=O) groups is 2. The van der Waals surface area contributed by atoms with E-state index in [1.165, 1.54) is 18.9 Å². The van der Waals surface area contributed by atoms with Gasteiger partial charge in [0.2, 0.25) is 5.91 Å². The lowest BCUT2D eigenvalue weighted by atomic mass is 10.2. The number of amides is 1.